The molecule has 1 aromatic heterocycles. The van der Waals surface area contributed by atoms with Gasteiger partial charge in [-0.1, -0.05) is 48.8 Å². The molecule has 0 radical (unpaired) electrons. The molecule has 0 spiro atoms. The highest BCUT2D eigenvalue weighted by Crippen LogP contribution is 2.47. The molecule has 4 rings (SSSR count). The number of nitrogens with one attached hydrogen (secondary N) is 1. The lowest BCUT2D eigenvalue weighted by molar-refractivity contribution is 0.0600. The smallest absolute Gasteiger partial charge is 0.438 e. The van der Waals surface area contributed by atoms with Crippen molar-refractivity contribution in [2.24, 2.45) is 5.92 Å². The lowest BCUT2D eigenvalue weighted by Crippen LogP contribution is -2.34. The van der Waals surface area contributed by atoms with E-state index < -0.39 is 11.2 Å². The van der Waals surface area contributed by atoms with Crippen molar-refractivity contribution >= 4 is 5.97 Å². The Balaban J connectivity index is 2.08. The molecule has 1 heterocycles. The van der Waals surface area contributed by atoms with E-state index >= 15 is 0 Å². The average Bonchev–Trinajstić information content (AvgIpc) is 3.11. The van der Waals surface area contributed by atoms with E-state index in [0.717, 1.165) is 36.0 Å². The quantitative estimate of drug-likeness (QED) is 0.664. The second kappa shape index (κ2) is 7.59. The van der Waals surface area contributed by atoms with Crippen LogP contribution in [0.5, 0.6) is 0 Å². The van der Waals surface area contributed by atoms with Crippen molar-refractivity contribution in [3.8, 4) is 0 Å². The molecule has 1 aliphatic rings. The Kier molecular flexibility index (Phi) is 5.10. The molecule has 0 saturated carbocycles. The van der Waals surface area contributed by atoms with Gasteiger partial charge < -0.3 is 4.74 Å². The maximum atomic E-state index is 12.2. The maximum absolute atomic E-state index is 12.2. The van der Waals surface area contributed by atoms with E-state index in [-0.39, 0.29) is 5.97 Å². The van der Waals surface area contributed by atoms with Crippen LogP contribution in [-0.4, -0.2) is 23.2 Å². The van der Waals surface area contributed by atoms with Crippen molar-refractivity contribution in [2.75, 3.05) is 7.11 Å². The molecule has 1 unspecified atom stereocenters. The van der Waals surface area contributed by atoms with E-state index in [1.807, 2.05) is 12.1 Å². The first-order chi connectivity index (χ1) is 14.3. The van der Waals surface area contributed by atoms with Crippen LogP contribution in [0.25, 0.3) is 0 Å². The van der Waals surface area contributed by atoms with Gasteiger partial charge in [0.05, 0.1) is 18.1 Å². The van der Waals surface area contributed by atoms with Crippen LogP contribution in [0, 0.1) is 12.8 Å². The highest BCUT2D eigenvalue weighted by Gasteiger charge is 2.44. The van der Waals surface area contributed by atoms with E-state index in [0.29, 0.717) is 17.3 Å². The zero-order valence-corrected chi connectivity index (χ0v) is 17.7. The van der Waals surface area contributed by atoms with Crippen LogP contribution in [0.1, 0.15) is 64.3 Å². The Morgan fingerprint density at radius 2 is 1.83 bits per heavy atom. The second-order valence-corrected chi connectivity index (χ2v) is 8.47. The minimum atomic E-state index is -0.677. The molecule has 6 nitrogen and oxygen atoms in total. The average molecular weight is 406 g/mol. The number of aromatic amines is 1. The second-order valence-electron chi connectivity index (χ2n) is 8.47. The summed E-state index contributed by atoms with van der Waals surface area (Å²) in [6.07, 6.45) is 2.34. The molecule has 6 heteroatoms. The summed E-state index contributed by atoms with van der Waals surface area (Å²) in [7, 11) is 1.38. The number of esters is 1. The summed E-state index contributed by atoms with van der Waals surface area (Å²) >= 11 is 0. The Morgan fingerprint density at radius 1 is 1.17 bits per heavy atom. The van der Waals surface area contributed by atoms with Crippen molar-refractivity contribution in [3.05, 3.63) is 86.2 Å². The number of hydrogen-bond donors (Lipinski definition) is 1. The summed E-state index contributed by atoms with van der Waals surface area (Å²) in [6.45, 7) is 6.39. The van der Waals surface area contributed by atoms with E-state index in [4.69, 9.17) is 9.26 Å². The van der Waals surface area contributed by atoms with Gasteiger partial charge in [0, 0.05) is 0 Å². The van der Waals surface area contributed by atoms with Crippen LogP contribution in [0.2, 0.25) is 0 Å². The molecule has 30 heavy (non-hydrogen) atoms. The van der Waals surface area contributed by atoms with Gasteiger partial charge in [0.15, 0.2) is 5.82 Å². The number of rotatable bonds is 4. The number of carbonyl (C=O) groups excluding carboxylic acids is 1. The predicted molar refractivity (Wildman–Crippen MR) is 113 cm³/mol. The van der Waals surface area contributed by atoms with E-state index in [2.05, 4.69) is 49.1 Å². The number of aryl methyl sites for hydroxylation is 3. The fourth-order valence-corrected chi connectivity index (χ4v) is 4.82. The minimum absolute atomic E-state index is 0.311. The molecule has 0 aliphatic heterocycles. The monoisotopic (exact) mass is 406 g/mol. The number of fused-ring (bicyclic) bond motifs is 2. The summed E-state index contributed by atoms with van der Waals surface area (Å²) in [5.41, 5.74) is 5.45. The molecule has 1 aliphatic carbocycles. The highest BCUT2D eigenvalue weighted by molar-refractivity contribution is 5.89. The zero-order chi connectivity index (χ0) is 21.5. The molecular formula is C24H26N2O4. The number of aromatic nitrogens is 2. The fourth-order valence-electron chi connectivity index (χ4n) is 4.82. The lowest BCUT2D eigenvalue weighted by Gasteiger charge is -2.35. The van der Waals surface area contributed by atoms with Crippen LogP contribution in [-0.2, 0) is 23.0 Å². The predicted octanol–water partition coefficient (Wildman–Crippen LogP) is 3.94. The molecule has 156 valence electrons. The molecule has 0 bridgehead atoms. The minimum Gasteiger partial charge on any atom is -0.465 e. The number of methoxy groups -OCH3 is 1. The van der Waals surface area contributed by atoms with Gasteiger partial charge in [-0.15, -0.1) is 0 Å². The van der Waals surface area contributed by atoms with Gasteiger partial charge in [-0.2, -0.15) is 0 Å². The summed E-state index contributed by atoms with van der Waals surface area (Å²) in [5.74, 6) is -0.121. The molecule has 0 fully saturated rings. The van der Waals surface area contributed by atoms with Gasteiger partial charge in [0.25, 0.3) is 0 Å². The van der Waals surface area contributed by atoms with Crippen molar-refractivity contribution in [1.82, 2.24) is 10.1 Å². The summed E-state index contributed by atoms with van der Waals surface area (Å²) < 4.78 is 9.89. The summed E-state index contributed by atoms with van der Waals surface area (Å²) in [4.78, 5) is 27.0. The number of H-pyrrole nitrogens is 1. The Morgan fingerprint density at radius 3 is 2.43 bits per heavy atom. The van der Waals surface area contributed by atoms with Gasteiger partial charge in [-0.25, -0.2) is 9.59 Å². The molecule has 3 aromatic rings. The first-order valence-electron chi connectivity index (χ1n) is 10.2. The van der Waals surface area contributed by atoms with Crippen LogP contribution in [0.3, 0.4) is 0 Å². The summed E-state index contributed by atoms with van der Waals surface area (Å²) in [5, 5.41) is 4.17. The molecule has 0 amide bonds. The highest BCUT2D eigenvalue weighted by atomic mass is 16.5. The Bertz CT molecular complexity index is 1160. The number of ether oxygens (including phenoxy) is 1. The maximum Gasteiger partial charge on any atom is 0.438 e. The van der Waals surface area contributed by atoms with Crippen molar-refractivity contribution < 1.29 is 14.1 Å². The fraction of sp³-hybridized carbons (Fsp3) is 0.375. The third-order valence-corrected chi connectivity index (χ3v) is 5.93. The third-order valence-electron chi connectivity index (χ3n) is 5.93. The largest absolute Gasteiger partial charge is 0.465 e. The number of benzene rings is 2. The van der Waals surface area contributed by atoms with Crippen LogP contribution >= 0.6 is 0 Å². The standard InChI is InChI=1S/C24H26N2O4/c1-14(2)13-24(22-25-23(28)30-26-22)19-9-5-15(3)11-16(19)6-7-17-12-18(21(27)29-4)8-10-20(17)24/h5,8-12,14H,6-7,13H2,1-4H3,(H,25,26,28). The van der Waals surface area contributed by atoms with Crippen LogP contribution < -0.4 is 5.76 Å². The van der Waals surface area contributed by atoms with Gasteiger partial charge in [0.2, 0.25) is 0 Å². The van der Waals surface area contributed by atoms with Crippen LogP contribution in [0.4, 0.5) is 0 Å². The normalized spacial score (nSPS) is 17.9. The lowest BCUT2D eigenvalue weighted by atomic mass is 9.67. The van der Waals surface area contributed by atoms with Gasteiger partial charge in [0.1, 0.15) is 0 Å². The Hall–Kier alpha value is -3.15. The molecule has 1 N–H and O–H groups in total. The van der Waals surface area contributed by atoms with E-state index in [9.17, 15) is 9.59 Å². The molecule has 1 atom stereocenters. The molecule has 2 aromatic carbocycles. The first-order valence-corrected chi connectivity index (χ1v) is 10.2. The van der Waals surface area contributed by atoms with Gasteiger partial charge >= 0.3 is 11.7 Å². The number of carbonyl (C=O) groups is 1. The van der Waals surface area contributed by atoms with E-state index in [1.54, 1.807) is 6.07 Å². The van der Waals surface area contributed by atoms with Gasteiger partial charge in [-0.3, -0.25) is 9.51 Å². The van der Waals surface area contributed by atoms with Crippen molar-refractivity contribution in [2.45, 2.75) is 45.4 Å². The van der Waals surface area contributed by atoms with Crippen molar-refractivity contribution in [3.63, 3.8) is 0 Å². The van der Waals surface area contributed by atoms with E-state index in [1.165, 1.54) is 18.2 Å². The third kappa shape index (κ3) is 3.26. The summed E-state index contributed by atoms with van der Waals surface area (Å²) in [6, 6.07) is 12.1. The topological polar surface area (TPSA) is 85.2 Å². The molecule has 0 saturated heterocycles. The zero-order valence-electron chi connectivity index (χ0n) is 17.7. The van der Waals surface area contributed by atoms with Gasteiger partial charge in [-0.05, 0) is 66.5 Å². The first kappa shape index (κ1) is 20.1. The number of nitrogens with zero attached hydrogens (tertiary/aromatic N) is 1. The van der Waals surface area contributed by atoms with Crippen molar-refractivity contribution in [1.29, 1.82) is 0 Å². The Labute approximate surface area is 175 Å². The van der Waals surface area contributed by atoms with Crippen LogP contribution in [0.15, 0.2) is 45.7 Å². The SMILES string of the molecule is COC(=O)c1ccc2c(c1)CCc1cc(C)ccc1C2(CC(C)C)c1noc(=O)[nH]1. The molecular weight excluding hydrogens is 380 g/mol. The number of hydrogen-bond acceptors (Lipinski definition) is 5.